The maximum absolute atomic E-state index is 9.76. The van der Waals surface area contributed by atoms with Crippen molar-refractivity contribution in [3.05, 3.63) is 0 Å². The first-order valence-electron chi connectivity index (χ1n) is 10.5. The van der Waals surface area contributed by atoms with E-state index < -0.39 is 0 Å². The molecule has 0 aliphatic heterocycles. The molecule has 140 valence electrons. The van der Waals surface area contributed by atoms with E-state index in [0.717, 1.165) is 6.42 Å². The van der Waals surface area contributed by atoms with Crippen molar-refractivity contribution in [3.63, 3.8) is 0 Å². The third kappa shape index (κ3) is 16.6. The lowest BCUT2D eigenvalue weighted by atomic mass is 9.95. The van der Waals surface area contributed by atoms with Crippen LogP contribution in [0.1, 0.15) is 117 Å². The largest absolute Gasteiger partial charge is 0.396 e. The van der Waals surface area contributed by atoms with Crippen molar-refractivity contribution in [2.75, 3.05) is 6.61 Å². The molecule has 0 heterocycles. The topological polar surface area (TPSA) is 40.5 Å². The average Bonchev–Trinajstić information content (AvgIpc) is 2.55. The van der Waals surface area contributed by atoms with Gasteiger partial charge in [-0.1, -0.05) is 104 Å². The number of aliphatic hydroxyl groups is 2. The zero-order chi connectivity index (χ0) is 17.2. The van der Waals surface area contributed by atoms with Gasteiger partial charge in [-0.3, -0.25) is 0 Å². The van der Waals surface area contributed by atoms with Crippen LogP contribution in [0.25, 0.3) is 0 Å². The molecule has 0 radical (unpaired) electrons. The van der Waals surface area contributed by atoms with Gasteiger partial charge in [0, 0.05) is 6.61 Å². The van der Waals surface area contributed by atoms with E-state index in [1.807, 2.05) is 0 Å². The molecular weight excluding hydrogens is 284 g/mol. The van der Waals surface area contributed by atoms with Gasteiger partial charge in [0.2, 0.25) is 0 Å². The Morgan fingerprint density at radius 2 is 1.00 bits per heavy atom. The number of aliphatic hydroxyl groups excluding tert-OH is 2. The molecule has 0 aliphatic carbocycles. The maximum atomic E-state index is 9.76. The van der Waals surface area contributed by atoms with E-state index in [1.165, 1.54) is 89.9 Å². The highest BCUT2D eigenvalue weighted by Gasteiger charge is 2.12. The van der Waals surface area contributed by atoms with Crippen LogP contribution in [-0.4, -0.2) is 22.9 Å². The molecule has 2 N–H and O–H groups in total. The zero-order valence-electron chi connectivity index (χ0n) is 16.1. The Morgan fingerprint density at radius 1 is 0.609 bits per heavy atom. The lowest BCUT2D eigenvalue weighted by molar-refractivity contribution is 0.0810. The Labute approximate surface area is 146 Å². The maximum Gasteiger partial charge on any atom is 0.0587 e. The van der Waals surface area contributed by atoms with Crippen molar-refractivity contribution in [3.8, 4) is 0 Å². The van der Waals surface area contributed by atoms with E-state index in [2.05, 4.69) is 13.8 Å². The van der Waals surface area contributed by atoms with Crippen molar-refractivity contribution in [2.24, 2.45) is 5.92 Å². The van der Waals surface area contributed by atoms with E-state index >= 15 is 0 Å². The smallest absolute Gasteiger partial charge is 0.0587 e. The van der Waals surface area contributed by atoms with Gasteiger partial charge in [-0.05, 0) is 18.8 Å². The fraction of sp³-hybridized carbons (Fsp3) is 1.00. The second-order valence-electron chi connectivity index (χ2n) is 7.44. The van der Waals surface area contributed by atoms with Gasteiger partial charge in [0.15, 0.2) is 0 Å². The van der Waals surface area contributed by atoms with Crippen LogP contribution in [0.15, 0.2) is 0 Å². The van der Waals surface area contributed by atoms with Crippen LogP contribution in [-0.2, 0) is 0 Å². The first-order valence-corrected chi connectivity index (χ1v) is 10.5. The van der Waals surface area contributed by atoms with Crippen LogP contribution in [0, 0.1) is 5.92 Å². The lowest BCUT2D eigenvalue weighted by Gasteiger charge is -2.17. The predicted molar refractivity (Wildman–Crippen MR) is 102 cm³/mol. The normalized spacial score (nSPS) is 14.1. The first kappa shape index (κ1) is 22.9. The minimum absolute atomic E-state index is 0.101. The van der Waals surface area contributed by atoms with Gasteiger partial charge >= 0.3 is 0 Å². The highest BCUT2D eigenvalue weighted by atomic mass is 16.3. The quantitative estimate of drug-likeness (QED) is 0.292. The second kappa shape index (κ2) is 18.3. The second-order valence-corrected chi connectivity index (χ2v) is 7.44. The summed E-state index contributed by atoms with van der Waals surface area (Å²) in [6.07, 6.45) is 20.8. The monoisotopic (exact) mass is 328 g/mol. The van der Waals surface area contributed by atoms with Gasteiger partial charge in [-0.25, -0.2) is 0 Å². The van der Waals surface area contributed by atoms with Crippen molar-refractivity contribution >= 4 is 0 Å². The summed E-state index contributed by atoms with van der Waals surface area (Å²) in [6.45, 7) is 4.48. The van der Waals surface area contributed by atoms with Crippen LogP contribution >= 0.6 is 0 Å². The van der Waals surface area contributed by atoms with Gasteiger partial charge in [-0.2, -0.15) is 0 Å². The molecular formula is C21H44O2. The third-order valence-electron chi connectivity index (χ3n) is 5.09. The van der Waals surface area contributed by atoms with Crippen LogP contribution in [0.3, 0.4) is 0 Å². The van der Waals surface area contributed by atoms with Crippen LogP contribution in [0.2, 0.25) is 0 Å². The van der Waals surface area contributed by atoms with Gasteiger partial charge in [-0.15, -0.1) is 0 Å². The minimum atomic E-state index is -0.318. The summed E-state index contributed by atoms with van der Waals surface area (Å²) in [4.78, 5) is 0. The first-order chi connectivity index (χ1) is 11.2. The Kier molecular flexibility index (Phi) is 18.2. The molecule has 0 spiro atoms. The molecule has 2 nitrogen and oxygen atoms in total. The van der Waals surface area contributed by atoms with Gasteiger partial charge < -0.3 is 10.2 Å². The Bertz CT molecular complexity index is 218. The van der Waals surface area contributed by atoms with Crippen LogP contribution < -0.4 is 0 Å². The fourth-order valence-corrected chi connectivity index (χ4v) is 3.27. The molecule has 2 atom stereocenters. The van der Waals surface area contributed by atoms with E-state index in [4.69, 9.17) is 5.11 Å². The molecule has 0 bridgehead atoms. The number of rotatable bonds is 18. The third-order valence-corrected chi connectivity index (χ3v) is 5.09. The lowest BCUT2D eigenvalue weighted by Crippen LogP contribution is -2.18. The molecule has 0 fully saturated rings. The van der Waals surface area contributed by atoms with E-state index in [-0.39, 0.29) is 12.7 Å². The summed E-state index contributed by atoms with van der Waals surface area (Å²) in [5.41, 5.74) is 0. The molecule has 0 aliphatic rings. The highest BCUT2D eigenvalue weighted by molar-refractivity contribution is 4.64. The zero-order valence-corrected chi connectivity index (χ0v) is 16.1. The summed E-state index contributed by atoms with van der Waals surface area (Å²) >= 11 is 0. The molecule has 0 amide bonds. The molecule has 0 aromatic rings. The number of hydrogen-bond donors (Lipinski definition) is 2. The highest BCUT2D eigenvalue weighted by Crippen LogP contribution is 2.17. The minimum Gasteiger partial charge on any atom is -0.396 e. The molecule has 2 unspecified atom stereocenters. The van der Waals surface area contributed by atoms with Gasteiger partial charge in [0.1, 0.15) is 0 Å². The number of hydrogen-bond acceptors (Lipinski definition) is 2. The summed E-state index contributed by atoms with van der Waals surface area (Å²) in [5, 5.41) is 18.6. The molecule has 0 aromatic heterocycles. The predicted octanol–water partition coefficient (Wildman–Crippen LogP) is 6.24. The summed E-state index contributed by atoms with van der Waals surface area (Å²) in [5.74, 6) is 0.333. The van der Waals surface area contributed by atoms with Gasteiger partial charge in [0.05, 0.1) is 6.10 Å². The Balaban J connectivity index is 3.13. The summed E-state index contributed by atoms with van der Waals surface area (Å²) < 4.78 is 0. The summed E-state index contributed by atoms with van der Waals surface area (Å²) in [6, 6.07) is 0. The molecule has 2 heteroatoms. The SMILES string of the molecule is CCCCCCCCCCCCCCCCC(C)C(O)CCO. The molecule has 0 saturated heterocycles. The summed E-state index contributed by atoms with van der Waals surface area (Å²) in [7, 11) is 0. The van der Waals surface area contributed by atoms with Gasteiger partial charge in [0.25, 0.3) is 0 Å². The van der Waals surface area contributed by atoms with E-state index in [1.54, 1.807) is 0 Å². The average molecular weight is 329 g/mol. The van der Waals surface area contributed by atoms with Crippen LogP contribution in [0.4, 0.5) is 0 Å². The molecule has 23 heavy (non-hydrogen) atoms. The molecule has 0 rings (SSSR count). The number of unbranched alkanes of at least 4 members (excludes halogenated alkanes) is 13. The molecule has 0 aromatic carbocycles. The fourth-order valence-electron chi connectivity index (χ4n) is 3.27. The van der Waals surface area contributed by atoms with Crippen molar-refractivity contribution in [1.29, 1.82) is 0 Å². The van der Waals surface area contributed by atoms with Crippen molar-refractivity contribution in [1.82, 2.24) is 0 Å². The Hall–Kier alpha value is -0.0800. The Morgan fingerprint density at radius 3 is 1.39 bits per heavy atom. The van der Waals surface area contributed by atoms with Crippen LogP contribution in [0.5, 0.6) is 0 Å². The van der Waals surface area contributed by atoms with E-state index in [9.17, 15) is 5.11 Å². The van der Waals surface area contributed by atoms with E-state index in [0.29, 0.717) is 12.3 Å². The van der Waals surface area contributed by atoms with Crippen molar-refractivity contribution in [2.45, 2.75) is 123 Å². The van der Waals surface area contributed by atoms with Crippen molar-refractivity contribution < 1.29 is 10.2 Å². The standard InChI is InChI=1S/C21H44O2/c1-3-4-5-6-7-8-9-10-11-12-13-14-15-16-17-20(2)21(23)18-19-22/h20-23H,3-19H2,1-2H3. The molecule has 0 saturated carbocycles.